The number of amides is 1. The van der Waals surface area contributed by atoms with Gasteiger partial charge in [-0.3, -0.25) is 4.79 Å². The SMILES string of the molecule is O=C(Cc1ccccc1Nc1c(Cl)cccc1Cl)Nc1nccs1. The third-order valence-electron chi connectivity index (χ3n) is 3.27. The highest BCUT2D eigenvalue weighted by Gasteiger charge is 2.12. The molecule has 0 aliphatic heterocycles. The average molecular weight is 378 g/mol. The first kappa shape index (κ1) is 16.8. The van der Waals surface area contributed by atoms with Crippen molar-refractivity contribution in [2.75, 3.05) is 10.6 Å². The molecule has 0 spiro atoms. The summed E-state index contributed by atoms with van der Waals surface area (Å²) in [5.74, 6) is -0.135. The molecule has 1 aromatic heterocycles. The largest absolute Gasteiger partial charge is 0.353 e. The molecular weight excluding hydrogens is 365 g/mol. The maximum atomic E-state index is 12.2. The second kappa shape index (κ2) is 7.66. The van der Waals surface area contributed by atoms with E-state index in [0.29, 0.717) is 20.9 Å². The van der Waals surface area contributed by atoms with Gasteiger partial charge >= 0.3 is 0 Å². The van der Waals surface area contributed by atoms with E-state index in [9.17, 15) is 4.79 Å². The number of nitrogens with one attached hydrogen (secondary N) is 2. The summed E-state index contributed by atoms with van der Waals surface area (Å²) in [4.78, 5) is 16.2. The summed E-state index contributed by atoms with van der Waals surface area (Å²) in [5.41, 5.74) is 2.23. The van der Waals surface area contributed by atoms with E-state index < -0.39 is 0 Å². The molecule has 3 aromatic rings. The Morgan fingerprint density at radius 3 is 2.54 bits per heavy atom. The lowest BCUT2D eigenvalue weighted by Crippen LogP contribution is -2.15. The quantitative estimate of drug-likeness (QED) is 0.627. The van der Waals surface area contributed by atoms with Crippen molar-refractivity contribution < 1.29 is 4.79 Å². The van der Waals surface area contributed by atoms with E-state index >= 15 is 0 Å². The predicted octanol–water partition coefficient (Wildman–Crippen LogP) is 5.37. The minimum Gasteiger partial charge on any atom is -0.353 e. The van der Waals surface area contributed by atoms with Gasteiger partial charge in [0, 0.05) is 17.3 Å². The monoisotopic (exact) mass is 377 g/mol. The maximum Gasteiger partial charge on any atom is 0.230 e. The van der Waals surface area contributed by atoms with Crippen LogP contribution in [0.25, 0.3) is 0 Å². The first-order valence-electron chi connectivity index (χ1n) is 7.12. The van der Waals surface area contributed by atoms with Crippen LogP contribution in [-0.4, -0.2) is 10.9 Å². The topological polar surface area (TPSA) is 54.0 Å². The van der Waals surface area contributed by atoms with Crippen LogP contribution in [0.5, 0.6) is 0 Å². The summed E-state index contributed by atoms with van der Waals surface area (Å²) in [5, 5.41) is 9.42. The number of nitrogens with zero attached hydrogens (tertiary/aromatic N) is 1. The van der Waals surface area contributed by atoms with Crippen molar-refractivity contribution in [3.05, 3.63) is 69.7 Å². The van der Waals surface area contributed by atoms with Gasteiger partial charge in [0.2, 0.25) is 5.91 Å². The molecule has 0 aliphatic carbocycles. The van der Waals surface area contributed by atoms with Crippen molar-refractivity contribution in [3.8, 4) is 0 Å². The van der Waals surface area contributed by atoms with E-state index in [1.54, 1.807) is 24.4 Å². The first-order valence-corrected chi connectivity index (χ1v) is 8.75. The number of benzene rings is 2. The molecule has 0 fully saturated rings. The van der Waals surface area contributed by atoms with Gasteiger partial charge in [-0.15, -0.1) is 11.3 Å². The van der Waals surface area contributed by atoms with Crippen molar-refractivity contribution in [1.29, 1.82) is 0 Å². The van der Waals surface area contributed by atoms with Gasteiger partial charge in [-0.25, -0.2) is 4.98 Å². The van der Waals surface area contributed by atoms with Crippen LogP contribution in [0, 0.1) is 0 Å². The van der Waals surface area contributed by atoms with Gasteiger partial charge in [0.1, 0.15) is 0 Å². The van der Waals surface area contributed by atoms with Crippen molar-refractivity contribution >= 4 is 57.0 Å². The molecule has 122 valence electrons. The molecule has 0 atom stereocenters. The van der Waals surface area contributed by atoms with Gasteiger partial charge in [0.15, 0.2) is 5.13 Å². The number of rotatable bonds is 5. The molecule has 0 unspecified atom stereocenters. The highest BCUT2D eigenvalue weighted by Crippen LogP contribution is 2.33. The minimum absolute atomic E-state index is 0.135. The molecule has 0 radical (unpaired) electrons. The number of anilines is 3. The third-order valence-corrected chi connectivity index (χ3v) is 4.59. The molecule has 0 bridgehead atoms. The number of carbonyl (C=O) groups is 1. The third kappa shape index (κ3) is 4.06. The van der Waals surface area contributed by atoms with Gasteiger partial charge in [0.25, 0.3) is 0 Å². The van der Waals surface area contributed by atoms with Gasteiger partial charge in [-0.2, -0.15) is 0 Å². The van der Waals surface area contributed by atoms with Crippen LogP contribution >= 0.6 is 34.5 Å². The number of aromatic nitrogens is 1. The Bertz CT molecular complexity index is 833. The summed E-state index contributed by atoms with van der Waals surface area (Å²) < 4.78 is 0. The number of hydrogen-bond acceptors (Lipinski definition) is 4. The Labute approximate surface area is 153 Å². The number of thiazole rings is 1. The van der Waals surface area contributed by atoms with Crippen LogP contribution in [0.4, 0.5) is 16.5 Å². The fourth-order valence-corrected chi connectivity index (χ4v) is 3.21. The summed E-state index contributed by atoms with van der Waals surface area (Å²) in [7, 11) is 0. The molecule has 0 aliphatic rings. The van der Waals surface area contributed by atoms with Crippen molar-refractivity contribution in [2.24, 2.45) is 0 Å². The molecule has 3 rings (SSSR count). The smallest absolute Gasteiger partial charge is 0.230 e. The second-order valence-electron chi connectivity index (χ2n) is 4.94. The average Bonchev–Trinajstić information content (AvgIpc) is 3.05. The van der Waals surface area contributed by atoms with Crippen molar-refractivity contribution in [2.45, 2.75) is 6.42 Å². The standard InChI is InChI=1S/C17H13Cl2N3OS/c18-12-5-3-6-13(19)16(12)21-14-7-2-1-4-11(14)10-15(23)22-17-20-8-9-24-17/h1-9,21H,10H2,(H,20,22,23). The van der Waals surface area contributed by atoms with Gasteiger partial charge < -0.3 is 10.6 Å². The van der Waals surface area contributed by atoms with E-state index in [4.69, 9.17) is 23.2 Å². The second-order valence-corrected chi connectivity index (χ2v) is 6.65. The lowest BCUT2D eigenvalue weighted by Gasteiger charge is -2.14. The van der Waals surface area contributed by atoms with Gasteiger partial charge in [-0.1, -0.05) is 47.5 Å². The number of hydrogen-bond donors (Lipinski definition) is 2. The number of para-hydroxylation sites is 2. The first-order chi connectivity index (χ1) is 11.6. The molecule has 0 saturated carbocycles. The van der Waals surface area contributed by atoms with E-state index in [-0.39, 0.29) is 12.3 Å². The summed E-state index contributed by atoms with van der Waals surface area (Å²) in [6.45, 7) is 0. The molecule has 1 heterocycles. The molecular formula is C17H13Cl2N3OS. The molecule has 2 N–H and O–H groups in total. The highest BCUT2D eigenvalue weighted by atomic mass is 35.5. The summed E-state index contributed by atoms with van der Waals surface area (Å²) >= 11 is 13.8. The molecule has 1 amide bonds. The fraction of sp³-hybridized carbons (Fsp3) is 0.0588. The van der Waals surface area contributed by atoms with Gasteiger partial charge in [-0.05, 0) is 23.8 Å². The van der Waals surface area contributed by atoms with Crippen LogP contribution in [0.3, 0.4) is 0 Å². The Hall–Kier alpha value is -2.08. The Kier molecular flexibility index (Phi) is 5.35. The molecule has 7 heteroatoms. The summed E-state index contributed by atoms with van der Waals surface area (Å²) in [6, 6.07) is 12.8. The van der Waals surface area contributed by atoms with E-state index in [0.717, 1.165) is 11.3 Å². The molecule has 24 heavy (non-hydrogen) atoms. The summed E-state index contributed by atoms with van der Waals surface area (Å²) in [6.07, 6.45) is 1.86. The zero-order valence-corrected chi connectivity index (χ0v) is 14.8. The van der Waals surface area contributed by atoms with E-state index in [1.165, 1.54) is 11.3 Å². The fourth-order valence-electron chi connectivity index (χ4n) is 2.17. The molecule has 2 aromatic carbocycles. The predicted molar refractivity (Wildman–Crippen MR) is 101 cm³/mol. The van der Waals surface area contributed by atoms with Crippen molar-refractivity contribution in [1.82, 2.24) is 4.98 Å². The molecule has 0 saturated heterocycles. The van der Waals surface area contributed by atoms with Crippen LogP contribution in [-0.2, 0) is 11.2 Å². The van der Waals surface area contributed by atoms with Crippen molar-refractivity contribution in [3.63, 3.8) is 0 Å². The van der Waals surface area contributed by atoms with Crippen LogP contribution in [0.1, 0.15) is 5.56 Å². The normalized spacial score (nSPS) is 10.4. The molecule has 4 nitrogen and oxygen atoms in total. The lowest BCUT2D eigenvalue weighted by molar-refractivity contribution is -0.115. The lowest BCUT2D eigenvalue weighted by atomic mass is 10.1. The highest BCUT2D eigenvalue weighted by molar-refractivity contribution is 7.13. The minimum atomic E-state index is -0.135. The zero-order valence-electron chi connectivity index (χ0n) is 12.4. The van der Waals surface area contributed by atoms with E-state index in [2.05, 4.69) is 15.6 Å². The number of halogens is 2. The zero-order chi connectivity index (χ0) is 16.9. The van der Waals surface area contributed by atoms with E-state index in [1.807, 2.05) is 29.6 Å². The number of carbonyl (C=O) groups excluding carboxylic acids is 1. The van der Waals surface area contributed by atoms with Crippen LogP contribution in [0.2, 0.25) is 10.0 Å². The van der Waals surface area contributed by atoms with Gasteiger partial charge in [0.05, 0.1) is 22.2 Å². The maximum absolute atomic E-state index is 12.2. The Morgan fingerprint density at radius 2 is 1.83 bits per heavy atom. The Balaban J connectivity index is 1.79. The Morgan fingerprint density at radius 1 is 1.08 bits per heavy atom. The van der Waals surface area contributed by atoms with Crippen LogP contribution in [0.15, 0.2) is 54.0 Å². The van der Waals surface area contributed by atoms with Crippen LogP contribution < -0.4 is 10.6 Å².